The quantitative estimate of drug-likeness (QED) is 0.692. The third-order valence-electron chi connectivity index (χ3n) is 2.72. The van der Waals surface area contributed by atoms with E-state index in [0.29, 0.717) is 5.56 Å². The van der Waals surface area contributed by atoms with Gasteiger partial charge in [0.15, 0.2) is 0 Å². The van der Waals surface area contributed by atoms with Crippen LogP contribution in [0.4, 0.5) is 10.6 Å². The van der Waals surface area contributed by atoms with Gasteiger partial charge in [-0.25, -0.2) is 9.78 Å². The number of nitrogens with one attached hydrogen (secondary N) is 1. The lowest BCUT2D eigenvalue weighted by molar-refractivity contribution is 0.209. The van der Waals surface area contributed by atoms with E-state index < -0.39 is 12.2 Å². The topological polar surface area (TPSA) is 103 Å². The predicted molar refractivity (Wildman–Crippen MR) is 78.1 cm³/mol. The number of carbonyl (C=O) groups is 1. The number of hydrogen-bond acceptors (Lipinski definition) is 4. The van der Waals surface area contributed by atoms with Crippen LogP contribution in [0.15, 0.2) is 30.5 Å². The molecule has 1 amide bonds. The monoisotopic (exact) mass is 328 g/mol. The molecular weight excluding hydrogens is 319 g/mol. The average Bonchev–Trinajstić information content (AvgIpc) is 2.43. The molecule has 0 fully saturated rings. The van der Waals surface area contributed by atoms with Crippen molar-refractivity contribution in [1.29, 1.82) is 0 Å². The standard InChI is InChI=1S/C13H10Cl2N2O4/c14-7-2-3-8(18)10(11(7)15)12(19)6-1-4-9(16-5-6)17-13(20)21/h1-5,12,18-19H,(H,16,17)(H,20,21). The van der Waals surface area contributed by atoms with Gasteiger partial charge in [0.25, 0.3) is 0 Å². The Kier molecular flexibility index (Phi) is 4.52. The third-order valence-corrected chi connectivity index (χ3v) is 3.54. The van der Waals surface area contributed by atoms with E-state index >= 15 is 0 Å². The lowest BCUT2D eigenvalue weighted by atomic mass is 10.0. The summed E-state index contributed by atoms with van der Waals surface area (Å²) >= 11 is 11.8. The maximum Gasteiger partial charge on any atom is 0.410 e. The first-order valence-electron chi connectivity index (χ1n) is 5.71. The second kappa shape index (κ2) is 6.17. The van der Waals surface area contributed by atoms with E-state index in [1.165, 1.54) is 30.5 Å². The highest BCUT2D eigenvalue weighted by Crippen LogP contribution is 2.39. The molecule has 0 bridgehead atoms. The van der Waals surface area contributed by atoms with Crippen LogP contribution in [0.25, 0.3) is 0 Å². The van der Waals surface area contributed by atoms with E-state index in [-0.39, 0.29) is 27.2 Å². The number of phenols is 1. The minimum atomic E-state index is -1.25. The molecule has 2 rings (SSSR count). The molecule has 110 valence electrons. The number of benzene rings is 1. The molecule has 0 saturated heterocycles. The van der Waals surface area contributed by atoms with Gasteiger partial charge in [0, 0.05) is 17.3 Å². The van der Waals surface area contributed by atoms with E-state index in [1.807, 2.05) is 0 Å². The van der Waals surface area contributed by atoms with Gasteiger partial charge in [-0.3, -0.25) is 5.32 Å². The maximum atomic E-state index is 10.5. The molecule has 6 nitrogen and oxygen atoms in total. The molecule has 2 aromatic rings. The summed E-state index contributed by atoms with van der Waals surface area (Å²) in [6, 6.07) is 5.57. The lowest BCUT2D eigenvalue weighted by Crippen LogP contribution is -2.09. The molecule has 21 heavy (non-hydrogen) atoms. The fraction of sp³-hybridized carbons (Fsp3) is 0.0769. The molecule has 0 aliphatic heterocycles. The largest absolute Gasteiger partial charge is 0.508 e. The van der Waals surface area contributed by atoms with Gasteiger partial charge in [-0.1, -0.05) is 29.3 Å². The third kappa shape index (κ3) is 3.36. The van der Waals surface area contributed by atoms with Crippen molar-refractivity contribution in [1.82, 2.24) is 4.98 Å². The van der Waals surface area contributed by atoms with Crippen molar-refractivity contribution < 1.29 is 20.1 Å². The van der Waals surface area contributed by atoms with Gasteiger partial charge in [-0.15, -0.1) is 0 Å². The summed E-state index contributed by atoms with van der Waals surface area (Å²) < 4.78 is 0. The number of nitrogens with zero attached hydrogens (tertiary/aromatic N) is 1. The van der Waals surface area contributed by atoms with Crippen LogP contribution in [-0.4, -0.2) is 26.4 Å². The van der Waals surface area contributed by atoms with Gasteiger partial charge in [0.1, 0.15) is 17.7 Å². The summed E-state index contributed by atoms with van der Waals surface area (Å²) in [5.74, 6) is -0.0931. The Balaban J connectivity index is 2.34. The van der Waals surface area contributed by atoms with Crippen LogP contribution in [0.3, 0.4) is 0 Å². The van der Waals surface area contributed by atoms with Crippen molar-refractivity contribution in [3.8, 4) is 5.75 Å². The lowest BCUT2D eigenvalue weighted by Gasteiger charge is -2.15. The Morgan fingerprint density at radius 3 is 2.52 bits per heavy atom. The molecule has 4 N–H and O–H groups in total. The Hall–Kier alpha value is -2.02. The first-order chi connectivity index (χ1) is 9.90. The van der Waals surface area contributed by atoms with Crippen molar-refractivity contribution in [2.24, 2.45) is 0 Å². The van der Waals surface area contributed by atoms with Crippen LogP contribution in [0.1, 0.15) is 17.2 Å². The number of aliphatic hydroxyl groups excluding tert-OH is 1. The predicted octanol–water partition coefficient (Wildman–Crippen LogP) is 3.27. The van der Waals surface area contributed by atoms with Gasteiger partial charge in [-0.2, -0.15) is 0 Å². The number of aromatic nitrogens is 1. The summed E-state index contributed by atoms with van der Waals surface area (Å²) in [5.41, 5.74) is 0.385. The van der Waals surface area contributed by atoms with E-state index in [9.17, 15) is 15.0 Å². The smallest absolute Gasteiger partial charge is 0.410 e. The summed E-state index contributed by atoms with van der Waals surface area (Å²) in [5, 5.41) is 30.9. The van der Waals surface area contributed by atoms with E-state index in [2.05, 4.69) is 10.3 Å². The van der Waals surface area contributed by atoms with Crippen LogP contribution in [0, 0.1) is 0 Å². The molecule has 1 heterocycles. The molecule has 1 aromatic heterocycles. The SMILES string of the molecule is O=C(O)Nc1ccc(C(O)c2c(O)ccc(Cl)c2Cl)cn1. The fourth-order valence-electron chi connectivity index (χ4n) is 1.73. The van der Waals surface area contributed by atoms with Crippen LogP contribution >= 0.6 is 23.2 Å². The van der Waals surface area contributed by atoms with Crippen LogP contribution in [0.5, 0.6) is 5.75 Å². The van der Waals surface area contributed by atoms with Crippen molar-refractivity contribution in [2.75, 3.05) is 5.32 Å². The molecule has 1 aromatic carbocycles. The number of aliphatic hydroxyl groups is 1. The number of rotatable bonds is 3. The van der Waals surface area contributed by atoms with Crippen molar-refractivity contribution in [3.05, 3.63) is 51.6 Å². The Morgan fingerprint density at radius 2 is 1.95 bits per heavy atom. The van der Waals surface area contributed by atoms with Crippen LogP contribution in [-0.2, 0) is 0 Å². The number of carboxylic acid groups (broad SMARTS) is 1. The highest BCUT2D eigenvalue weighted by molar-refractivity contribution is 6.42. The van der Waals surface area contributed by atoms with E-state index in [1.54, 1.807) is 0 Å². The maximum absolute atomic E-state index is 10.5. The zero-order valence-electron chi connectivity index (χ0n) is 10.4. The number of pyridine rings is 1. The molecular formula is C13H10Cl2N2O4. The number of phenolic OH excluding ortho intramolecular Hbond substituents is 1. The first-order valence-corrected chi connectivity index (χ1v) is 6.46. The fourth-order valence-corrected chi connectivity index (χ4v) is 2.16. The van der Waals surface area contributed by atoms with Gasteiger partial charge in [-0.05, 0) is 18.2 Å². The number of anilines is 1. The van der Waals surface area contributed by atoms with Crippen molar-refractivity contribution >= 4 is 35.1 Å². The first kappa shape index (κ1) is 15.4. The molecule has 0 aliphatic carbocycles. The molecule has 0 aliphatic rings. The normalized spacial score (nSPS) is 12.0. The summed E-state index contributed by atoms with van der Waals surface area (Å²) in [6.45, 7) is 0. The zero-order valence-corrected chi connectivity index (χ0v) is 11.9. The molecule has 1 atom stereocenters. The van der Waals surface area contributed by atoms with E-state index in [0.717, 1.165) is 0 Å². The second-order valence-electron chi connectivity index (χ2n) is 4.10. The zero-order chi connectivity index (χ0) is 15.6. The minimum absolute atomic E-state index is 0.0388. The molecule has 1 unspecified atom stereocenters. The van der Waals surface area contributed by atoms with E-state index in [4.69, 9.17) is 28.3 Å². The number of amides is 1. The van der Waals surface area contributed by atoms with Crippen molar-refractivity contribution in [2.45, 2.75) is 6.10 Å². The van der Waals surface area contributed by atoms with Gasteiger partial charge in [0.05, 0.1) is 10.0 Å². The second-order valence-corrected chi connectivity index (χ2v) is 4.89. The van der Waals surface area contributed by atoms with Crippen LogP contribution in [0.2, 0.25) is 10.0 Å². The van der Waals surface area contributed by atoms with Gasteiger partial charge < -0.3 is 15.3 Å². The highest BCUT2D eigenvalue weighted by Gasteiger charge is 2.20. The molecule has 0 radical (unpaired) electrons. The van der Waals surface area contributed by atoms with Gasteiger partial charge >= 0.3 is 6.09 Å². The minimum Gasteiger partial charge on any atom is -0.508 e. The molecule has 0 saturated carbocycles. The Morgan fingerprint density at radius 1 is 1.24 bits per heavy atom. The summed E-state index contributed by atoms with van der Waals surface area (Å²) in [7, 11) is 0. The van der Waals surface area contributed by atoms with Gasteiger partial charge in [0.2, 0.25) is 0 Å². The van der Waals surface area contributed by atoms with Crippen LogP contribution < -0.4 is 5.32 Å². The average molecular weight is 329 g/mol. The highest BCUT2D eigenvalue weighted by atomic mass is 35.5. The molecule has 0 spiro atoms. The number of halogens is 2. The Bertz CT molecular complexity index is 677. The summed E-state index contributed by atoms with van der Waals surface area (Å²) in [4.78, 5) is 14.3. The number of hydrogen-bond donors (Lipinski definition) is 4. The van der Waals surface area contributed by atoms with Crippen molar-refractivity contribution in [3.63, 3.8) is 0 Å². The molecule has 8 heteroatoms. The number of aromatic hydroxyl groups is 1. The Labute approximate surface area is 129 Å². The summed E-state index contributed by atoms with van der Waals surface area (Å²) in [6.07, 6.45) is -1.22.